The number of nitrogens with two attached hydrogens (primary N) is 1. The second kappa shape index (κ2) is 8.00. The normalized spacial score (nSPS) is 14.1. The number of anilines is 1. The lowest BCUT2D eigenvalue weighted by molar-refractivity contribution is 0.236. The minimum atomic E-state index is -0.183. The van der Waals surface area contributed by atoms with E-state index in [0.29, 0.717) is 5.92 Å². The molecule has 0 aliphatic carbocycles. The molecule has 2 amide bonds. The van der Waals surface area contributed by atoms with Crippen molar-refractivity contribution >= 4 is 11.7 Å². The van der Waals surface area contributed by atoms with Gasteiger partial charge in [0.05, 0.1) is 0 Å². The molecule has 118 valence electrons. The maximum atomic E-state index is 12.1. The molecule has 0 aliphatic heterocycles. The number of carbonyl (C=O) groups is 1. The second-order valence-electron chi connectivity index (χ2n) is 6.13. The summed E-state index contributed by atoms with van der Waals surface area (Å²) >= 11 is 0. The lowest BCUT2D eigenvalue weighted by Gasteiger charge is -2.25. The van der Waals surface area contributed by atoms with E-state index in [4.69, 9.17) is 5.73 Å². The van der Waals surface area contributed by atoms with Crippen LogP contribution in [-0.4, -0.2) is 37.6 Å². The number of nitrogens with zero attached hydrogens (tertiary/aromatic N) is 1. The average Bonchev–Trinajstić information content (AvgIpc) is 2.37. The quantitative estimate of drug-likeness (QED) is 0.754. The van der Waals surface area contributed by atoms with Gasteiger partial charge < -0.3 is 21.3 Å². The Morgan fingerprint density at radius 1 is 1.29 bits per heavy atom. The van der Waals surface area contributed by atoms with Crippen LogP contribution in [0.2, 0.25) is 0 Å². The summed E-state index contributed by atoms with van der Waals surface area (Å²) in [4.78, 5) is 14.2. The molecule has 0 heterocycles. The number of hydrogen-bond donors (Lipinski definition) is 3. The number of amides is 2. The van der Waals surface area contributed by atoms with Gasteiger partial charge in [0.1, 0.15) is 0 Å². The van der Waals surface area contributed by atoms with Crippen molar-refractivity contribution in [3.8, 4) is 0 Å². The fourth-order valence-electron chi connectivity index (χ4n) is 2.05. The molecule has 1 rings (SSSR count). The zero-order valence-corrected chi connectivity index (χ0v) is 13.7. The fraction of sp³-hybridized carbons (Fsp3) is 0.562. The van der Waals surface area contributed by atoms with Crippen molar-refractivity contribution in [3.05, 3.63) is 29.8 Å². The molecule has 0 saturated carbocycles. The molecule has 0 fully saturated rings. The molecule has 5 nitrogen and oxygen atoms in total. The molecule has 1 aromatic carbocycles. The third-order valence-electron chi connectivity index (χ3n) is 3.35. The van der Waals surface area contributed by atoms with E-state index in [1.165, 1.54) is 0 Å². The largest absolute Gasteiger partial charge is 0.334 e. The smallest absolute Gasteiger partial charge is 0.319 e. The van der Waals surface area contributed by atoms with Gasteiger partial charge in [0, 0.05) is 24.3 Å². The number of likely N-dealkylation sites (N-methyl/N-ethyl adjacent to an activating group) is 1. The van der Waals surface area contributed by atoms with Gasteiger partial charge in [0.15, 0.2) is 0 Å². The Morgan fingerprint density at radius 2 is 1.95 bits per heavy atom. The standard InChI is InChI=1S/C16H28N4O/c1-11(2)15(10-20(4)5)19-16(21)18-14-8-6-7-13(9-14)12(3)17/h6-9,11-12,15H,10,17H2,1-5H3,(H2,18,19,21). The van der Waals surface area contributed by atoms with E-state index in [1.807, 2.05) is 45.3 Å². The monoisotopic (exact) mass is 292 g/mol. The second-order valence-corrected chi connectivity index (χ2v) is 6.13. The predicted molar refractivity (Wildman–Crippen MR) is 88.4 cm³/mol. The summed E-state index contributed by atoms with van der Waals surface area (Å²) in [6.45, 7) is 6.94. The molecule has 0 radical (unpaired) electrons. The topological polar surface area (TPSA) is 70.4 Å². The number of benzene rings is 1. The van der Waals surface area contributed by atoms with Gasteiger partial charge in [0.25, 0.3) is 0 Å². The van der Waals surface area contributed by atoms with Crippen molar-refractivity contribution in [3.63, 3.8) is 0 Å². The predicted octanol–water partition coefficient (Wildman–Crippen LogP) is 2.41. The Hall–Kier alpha value is -1.59. The fourth-order valence-corrected chi connectivity index (χ4v) is 2.05. The Balaban J connectivity index is 2.65. The Bertz CT molecular complexity index is 457. The third-order valence-corrected chi connectivity index (χ3v) is 3.35. The number of carbonyl (C=O) groups excluding carboxylic acids is 1. The van der Waals surface area contributed by atoms with Crippen molar-refractivity contribution < 1.29 is 4.79 Å². The van der Waals surface area contributed by atoms with Crippen LogP contribution in [0.5, 0.6) is 0 Å². The van der Waals surface area contributed by atoms with Gasteiger partial charge in [-0.25, -0.2) is 4.79 Å². The minimum Gasteiger partial charge on any atom is -0.334 e. The maximum absolute atomic E-state index is 12.1. The van der Waals surface area contributed by atoms with Gasteiger partial charge >= 0.3 is 6.03 Å². The first kappa shape index (κ1) is 17.5. The maximum Gasteiger partial charge on any atom is 0.319 e. The number of nitrogens with one attached hydrogen (secondary N) is 2. The van der Waals surface area contributed by atoms with Crippen molar-refractivity contribution in [1.82, 2.24) is 10.2 Å². The van der Waals surface area contributed by atoms with Gasteiger partial charge in [-0.2, -0.15) is 0 Å². The zero-order valence-electron chi connectivity index (χ0n) is 13.7. The molecule has 21 heavy (non-hydrogen) atoms. The number of urea groups is 1. The highest BCUT2D eigenvalue weighted by atomic mass is 16.2. The summed E-state index contributed by atoms with van der Waals surface area (Å²) in [6.07, 6.45) is 0. The molecule has 5 heteroatoms. The van der Waals surface area contributed by atoms with E-state index in [2.05, 4.69) is 29.4 Å². The molecule has 2 atom stereocenters. The van der Waals surface area contributed by atoms with Gasteiger partial charge in [-0.15, -0.1) is 0 Å². The van der Waals surface area contributed by atoms with Crippen LogP contribution in [0.25, 0.3) is 0 Å². The summed E-state index contributed by atoms with van der Waals surface area (Å²) in [5, 5.41) is 5.89. The van der Waals surface area contributed by atoms with Crippen LogP contribution >= 0.6 is 0 Å². The Kier molecular flexibility index (Phi) is 6.65. The summed E-state index contributed by atoms with van der Waals surface area (Å²) in [5.74, 6) is 0.369. The lowest BCUT2D eigenvalue weighted by Crippen LogP contribution is -2.46. The number of hydrogen-bond acceptors (Lipinski definition) is 3. The van der Waals surface area contributed by atoms with Crippen LogP contribution < -0.4 is 16.4 Å². The highest BCUT2D eigenvalue weighted by Gasteiger charge is 2.17. The van der Waals surface area contributed by atoms with E-state index in [9.17, 15) is 4.79 Å². The minimum absolute atomic E-state index is 0.0491. The third kappa shape index (κ3) is 6.14. The first-order valence-corrected chi connectivity index (χ1v) is 7.37. The van der Waals surface area contributed by atoms with E-state index < -0.39 is 0 Å². The van der Waals surface area contributed by atoms with E-state index in [-0.39, 0.29) is 18.1 Å². The first-order chi connectivity index (χ1) is 9.79. The molecule has 4 N–H and O–H groups in total. The van der Waals surface area contributed by atoms with E-state index in [1.54, 1.807) is 0 Å². The Morgan fingerprint density at radius 3 is 2.48 bits per heavy atom. The molecule has 0 spiro atoms. The van der Waals surface area contributed by atoms with Crippen molar-refractivity contribution in [2.75, 3.05) is 26.0 Å². The molecule has 2 unspecified atom stereocenters. The summed E-state index contributed by atoms with van der Waals surface area (Å²) in [6, 6.07) is 7.49. The van der Waals surface area contributed by atoms with Crippen LogP contribution in [0.1, 0.15) is 32.4 Å². The number of rotatable bonds is 6. The summed E-state index contributed by atoms with van der Waals surface area (Å²) in [5.41, 5.74) is 7.62. The molecular formula is C16H28N4O. The SMILES string of the molecule is CC(N)c1cccc(NC(=O)NC(CN(C)C)C(C)C)c1. The lowest BCUT2D eigenvalue weighted by atomic mass is 10.0. The molecule has 0 bridgehead atoms. The average molecular weight is 292 g/mol. The van der Waals surface area contributed by atoms with Crippen LogP contribution in [0.3, 0.4) is 0 Å². The van der Waals surface area contributed by atoms with Crippen LogP contribution in [0.15, 0.2) is 24.3 Å². The molecule has 0 aliphatic rings. The van der Waals surface area contributed by atoms with Crippen molar-refractivity contribution in [2.45, 2.75) is 32.9 Å². The van der Waals surface area contributed by atoms with Crippen LogP contribution in [-0.2, 0) is 0 Å². The summed E-state index contributed by atoms with van der Waals surface area (Å²) < 4.78 is 0. The van der Waals surface area contributed by atoms with Crippen molar-refractivity contribution in [2.24, 2.45) is 11.7 Å². The highest BCUT2D eigenvalue weighted by Crippen LogP contribution is 2.15. The van der Waals surface area contributed by atoms with E-state index >= 15 is 0 Å². The van der Waals surface area contributed by atoms with Gasteiger partial charge in [-0.05, 0) is 44.6 Å². The zero-order chi connectivity index (χ0) is 16.0. The molecule has 1 aromatic rings. The first-order valence-electron chi connectivity index (χ1n) is 7.37. The van der Waals surface area contributed by atoms with Gasteiger partial charge in [0.2, 0.25) is 0 Å². The molecule has 0 aromatic heterocycles. The van der Waals surface area contributed by atoms with E-state index in [0.717, 1.165) is 17.8 Å². The van der Waals surface area contributed by atoms with Gasteiger partial charge in [-0.3, -0.25) is 0 Å². The van der Waals surface area contributed by atoms with Gasteiger partial charge in [-0.1, -0.05) is 26.0 Å². The highest BCUT2D eigenvalue weighted by molar-refractivity contribution is 5.89. The van der Waals surface area contributed by atoms with Crippen LogP contribution in [0.4, 0.5) is 10.5 Å². The van der Waals surface area contributed by atoms with Crippen molar-refractivity contribution in [1.29, 1.82) is 0 Å². The molecule has 0 saturated heterocycles. The molecular weight excluding hydrogens is 264 g/mol. The Labute approximate surface area is 127 Å². The van der Waals surface area contributed by atoms with Crippen LogP contribution in [0, 0.1) is 5.92 Å². The summed E-state index contributed by atoms with van der Waals surface area (Å²) in [7, 11) is 4.00.